The predicted octanol–water partition coefficient (Wildman–Crippen LogP) is 2.76. The zero-order valence-corrected chi connectivity index (χ0v) is 10.9. The van der Waals surface area contributed by atoms with E-state index in [1.807, 2.05) is 0 Å². The van der Waals surface area contributed by atoms with Crippen LogP contribution >= 0.6 is 0 Å². The molecule has 0 fully saturated rings. The van der Waals surface area contributed by atoms with Crippen LogP contribution < -0.4 is 0 Å². The molecule has 0 aromatic carbocycles. The maximum atomic E-state index is 8.54. The Bertz CT molecular complexity index is 120. The second-order valence-electron chi connectivity index (χ2n) is 4.11. The average molecular weight is 232 g/mol. The molecule has 3 nitrogen and oxygen atoms in total. The van der Waals surface area contributed by atoms with Crippen LogP contribution in [-0.2, 0) is 9.47 Å². The molecule has 0 aromatic heterocycles. The SMILES string of the molecule is CCCCC(CCCC)OCCOCCO. The number of aliphatic hydroxyl groups excluding tert-OH is 1. The molecule has 0 bridgehead atoms. The van der Waals surface area contributed by atoms with E-state index in [-0.39, 0.29) is 6.61 Å². The first-order valence-corrected chi connectivity index (χ1v) is 6.65. The van der Waals surface area contributed by atoms with E-state index in [9.17, 15) is 0 Å². The topological polar surface area (TPSA) is 38.7 Å². The van der Waals surface area contributed by atoms with Crippen molar-refractivity contribution >= 4 is 0 Å². The summed E-state index contributed by atoms with van der Waals surface area (Å²) in [4.78, 5) is 0. The Morgan fingerprint density at radius 1 is 0.938 bits per heavy atom. The van der Waals surface area contributed by atoms with Crippen LogP contribution in [0, 0.1) is 0 Å². The van der Waals surface area contributed by atoms with Crippen molar-refractivity contribution in [2.75, 3.05) is 26.4 Å². The predicted molar refractivity (Wildman–Crippen MR) is 66.7 cm³/mol. The third-order valence-corrected chi connectivity index (χ3v) is 2.58. The molecule has 98 valence electrons. The molecule has 0 saturated heterocycles. The van der Waals surface area contributed by atoms with Crippen LogP contribution in [-0.4, -0.2) is 37.6 Å². The number of unbranched alkanes of at least 4 members (excludes halogenated alkanes) is 2. The molecule has 3 heteroatoms. The first-order chi connectivity index (χ1) is 7.85. The Morgan fingerprint density at radius 2 is 1.56 bits per heavy atom. The van der Waals surface area contributed by atoms with E-state index in [2.05, 4.69) is 13.8 Å². The largest absolute Gasteiger partial charge is 0.394 e. The van der Waals surface area contributed by atoms with Gasteiger partial charge in [0.15, 0.2) is 0 Å². The highest BCUT2D eigenvalue weighted by atomic mass is 16.5. The van der Waals surface area contributed by atoms with Crippen LogP contribution in [0.3, 0.4) is 0 Å². The minimum absolute atomic E-state index is 0.0924. The van der Waals surface area contributed by atoms with Gasteiger partial charge in [0.05, 0.1) is 32.5 Å². The summed E-state index contributed by atoms with van der Waals surface area (Å²) in [5.74, 6) is 0. The molecule has 0 heterocycles. The van der Waals surface area contributed by atoms with Gasteiger partial charge < -0.3 is 14.6 Å². The third-order valence-electron chi connectivity index (χ3n) is 2.58. The zero-order valence-electron chi connectivity index (χ0n) is 10.9. The molecule has 0 spiro atoms. The van der Waals surface area contributed by atoms with Gasteiger partial charge in [-0.05, 0) is 12.8 Å². The first kappa shape index (κ1) is 15.9. The van der Waals surface area contributed by atoms with Crippen molar-refractivity contribution in [3.8, 4) is 0 Å². The van der Waals surface area contributed by atoms with Crippen LogP contribution in [0.2, 0.25) is 0 Å². The van der Waals surface area contributed by atoms with Crippen molar-refractivity contribution in [2.45, 2.75) is 58.5 Å². The van der Waals surface area contributed by atoms with E-state index < -0.39 is 0 Å². The molecule has 0 saturated carbocycles. The van der Waals surface area contributed by atoms with E-state index in [0.29, 0.717) is 25.9 Å². The summed E-state index contributed by atoms with van der Waals surface area (Å²) in [6.45, 7) is 6.17. The second kappa shape index (κ2) is 12.9. The van der Waals surface area contributed by atoms with Crippen LogP contribution in [0.1, 0.15) is 52.4 Å². The molecule has 0 radical (unpaired) electrons. The number of hydrogen-bond donors (Lipinski definition) is 1. The lowest BCUT2D eigenvalue weighted by atomic mass is 10.1. The molecule has 1 N–H and O–H groups in total. The molecule has 16 heavy (non-hydrogen) atoms. The highest BCUT2D eigenvalue weighted by Gasteiger charge is 2.07. The van der Waals surface area contributed by atoms with Gasteiger partial charge in [-0.3, -0.25) is 0 Å². The summed E-state index contributed by atoms with van der Waals surface area (Å²) in [6, 6.07) is 0. The highest BCUT2D eigenvalue weighted by molar-refractivity contribution is 4.58. The van der Waals surface area contributed by atoms with Gasteiger partial charge in [0.2, 0.25) is 0 Å². The quantitative estimate of drug-likeness (QED) is 0.526. The van der Waals surface area contributed by atoms with Crippen LogP contribution in [0.4, 0.5) is 0 Å². The van der Waals surface area contributed by atoms with Gasteiger partial charge >= 0.3 is 0 Å². The normalized spacial score (nSPS) is 11.2. The lowest BCUT2D eigenvalue weighted by molar-refractivity contribution is -0.00975. The van der Waals surface area contributed by atoms with Crippen molar-refractivity contribution < 1.29 is 14.6 Å². The van der Waals surface area contributed by atoms with E-state index in [4.69, 9.17) is 14.6 Å². The summed E-state index contributed by atoms with van der Waals surface area (Å²) in [7, 11) is 0. The Kier molecular flexibility index (Phi) is 12.9. The molecular formula is C13H28O3. The van der Waals surface area contributed by atoms with Crippen LogP contribution in [0.5, 0.6) is 0 Å². The maximum absolute atomic E-state index is 8.54. The Hall–Kier alpha value is -0.120. The molecule has 0 rings (SSSR count). The minimum atomic E-state index is 0.0924. The molecular weight excluding hydrogens is 204 g/mol. The monoisotopic (exact) mass is 232 g/mol. The molecule has 0 unspecified atom stereocenters. The van der Waals surface area contributed by atoms with Crippen molar-refractivity contribution in [1.29, 1.82) is 0 Å². The molecule has 0 amide bonds. The van der Waals surface area contributed by atoms with Gasteiger partial charge in [-0.25, -0.2) is 0 Å². The smallest absolute Gasteiger partial charge is 0.0704 e. The average Bonchev–Trinajstić information content (AvgIpc) is 2.31. The fraction of sp³-hybridized carbons (Fsp3) is 1.00. The van der Waals surface area contributed by atoms with Gasteiger partial charge in [-0.15, -0.1) is 0 Å². The van der Waals surface area contributed by atoms with Crippen molar-refractivity contribution in [2.24, 2.45) is 0 Å². The Labute approximate surface area is 100 Å². The van der Waals surface area contributed by atoms with E-state index in [0.717, 1.165) is 12.8 Å². The van der Waals surface area contributed by atoms with Crippen LogP contribution in [0.15, 0.2) is 0 Å². The summed E-state index contributed by atoms with van der Waals surface area (Å²) in [6.07, 6.45) is 7.67. The minimum Gasteiger partial charge on any atom is -0.394 e. The van der Waals surface area contributed by atoms with Crippen LogP contribution in [0.25, 0.3) is 0 Å². The molecule has 0 aliphatic rings. The maximum Gasteiger partial charge on any atom is 0.0704 e. The van der Waals surface area contributed by atoms with Gasteiger partial charge in [0.1, 0.15) is 0 Å². The lowest BCUT2D eigenvalue weighted by Gasteiger charge is -2.17. The molecule has 0 aromatic rings. The summed E-state index contributed by atoms with van der Waals surface area (Å²) >= 11 is 0. The van der Waals surface area contributed by atoms with E-state index in [1.165, 1.54) is 25.7 Å². The van der Waals surface area contributed by atoms with Gasteiger partial charge in [0, 0.05) is 0 Å². The highest BCUT2D eigenvalue weighted by Crippen LogP contribution is 2.12. The fourth-order valence-electron chi connectivity index (χ4n) is 1.61. The second-order valence-corrected chi connectivity index (χ2v) is 4.11. The zero-order chi connectivity index (χ0) is 12.1. The van der Waals surface area contributed by atoms with Crippen molar-refractivity contribution in [1.82, 2.24) is 0 Å². The first-order valence-electron chi connectivity index (χ1n) is 6.65. The summed E-state index contributed by atoms with van der Waals surface area (Å²) in [5.41, 5.74) is 0. The number of ether oxygens (including phenoxy) is 2. The molecule has 0 aliphatic heterocycles. The van der Waals surface area contributed by atoms with Crippen molar-refractivity contribution in [3.63, 3.8) is 0 Å². The van der Waals surface area contributed by atoms with Gasteiger partial charge in [-0.2, -0.15) is 0 Å². The van der Waals surface area contributed by atoms with Crippen molar-refractivity contribution in [3.05, 3.63) is 0 Å². The number of hydrogen-bond acceptors (Lipinski definition) is 3. The standard InChI is InChI=1S/C13H28O3/c1-3-5-7-13(8-6-4-2)16-12-11-15-10-9-14/h13-14H,3-12H2,1-2H3. The van der Waals surface area contributed by atoms with Gasteiger partial charge in [0.25, 0.3) is 0 Å². The summed E-state index contributed by atoms with van der Waals surface area (Å²) in [5, 5.41) is 8.54. The number of rotatable bonds is 12. The summed E-state index contributed by atoms with van der Waals surface area (Å²) < 4.78 is 11.0. The molecule has 0 aliphatic carbocycles. The van der Waals surface area contributed by atoms with Gasteiger partial charge in [-0.1, -0.05) is 39.5 Å². The Balaban J connectivity index is 3.48. The fourth-order valence-corrected chi connectivity index (χ4v) is 1.61. The number of aliphatic hydroxyl groups is 1. The molecule has 0 atom stereocenters. The third kappa shape index (κ3) is 10.4. The van der Waals surface area contributed by atoms with E-state index >= 15 is 0 Å². The van der Waals surface area contributed by atoms with E-state index in [1.54, 1.807) is 0 Å². The Morgan fingerprint density at radius 3 is 2.06 bits per heavy atom. The lowest BCUT2D eigenvalue weighted by Crippen LogP contribution is -2.17.